The van der Waals surface area contributed by atoms with Gasteiger partial charge in [-0.2, -0.15) is 0 Å². The second kappa shape index (κ2) is 6.83. The van der Waals surface area contributed by atoms with Crippen molar-refractivity contribution in [3.05, 3.63) is 0 Å². The van der Waals surface area contributed by atoms with Crippen molar-refractivity contribution in [3.8, 4) is 0 Å². The Morgan fingerprint density at radius 1 is 1.27 bits per heavy atom. The molecule has 0 saturated heterocycles. The van der Waals surface area contributed by atoms with Crippen molar-refractivity contribution in [2.24, 2.45) is 11.8 Å². The molecule has 0 aromatic carbocycles. The molecule has 1 N–H and O–H groups in total. The van der Waals surface area contributed by atoms with E-state index in [1.165, 1.54) is 12.8 Å². The minimum absolute atomic E-state index is 0.0692. The highest BCUT2D eigenvalue weighted by Gasteiger charge is 2.25. The van der Waals surface area contributed by atoms with Crippen molar-refractivity contribution in [1.82, 2.24) is 0 Å². The van der Waals surface area contributed by atoms with Crippen molar-refractivity contribution in [2.75, 3.05) is 13.7 Å². The third kappa shape index (κ3) is 4.65. The van der Waals surface area contributed by atoms with Crippen LogP contribution in [0, 0.1) is 11.8 Å². The van der Waals surface area contributed by atoms with Gasteiger partial charge in [0.05, 0.1) is 5.92 Å². The zero-order chi connectivity index (χ0) is 11.1. The number of carbonyl (C=O) groups is 1. The van der Waals surface area contributed by atoms with E-state index < -0.39 is 5.97 Å². The van der Waals surface area contributed by atoms with E-state index in [0.29, 0.717) is 0 Å². The molecule has 0 amide bonds. The molecular weight excluding hydrogens is 192 g/mol. The van der Waals surface area contributed by atoms with E-state index in [9.17, 15) is 4.79 Å². The van der Waals surface area contributed by atoms with Crippen LogP contribution >= 0.6 is 0 Å². The van der Waals surface area contributed by atoms with Gasteiger partial charge in [-0.15, -0.1) is 0 Å². The fourth-order valence-corrected chi connectivity index (χ4v) is 2.38. The highest BCUT2D eigenvalue weighted by Crippen LogP contribution is 2.31. The van der Waals surface area contributed by atoms with Crippen molar-refractivity contribution < 1.29 is 14.6 Å². The second-order valence-electron chi connectivity index (χ2n) is 4.54. The van der Waals surface area contributed by atoms with Gasteiger partial charge >= 0.3 is 5.97 Å². The predicted molar refractivity (Wildman–Crippen MR) is 58.8 cm³/mol. The van der Waals surface area contributed by atoms with Gasteiger partial charge in [0.15, 0.2) is 0 Å². The van der Waals surface area contributed by atoms with Gasteiger partial charge in [-0.3, -0.25) is 4.79 Å². The summed E-state index contributed by atoms with van der Waals surface area (Å²) in [5, 5.41) is 8.85. The van der Waals surface area contributed by atoms with Gasteiger partial charge in [-0.1, -0.05) is 12.8 Å². The summed E-state index contributed by atoms with van der Waals surface area (Å²) in [7, 11) is 1.73. The Labute approximate surface area is 91.8 Å². The monoisotopic (exact) mass is 214 g/mol. The number of carboxylic acids is 1. The summed E-state index contributed by atoms with van der Waals surface area (Å²) in [5.74, 6) is 0.0884. The Hall–Kier alpha value is -0.570. The summed E-state index contributed by atoms with van der Waals surface area (Å²) in [6, 6.07) is 0. The zero-order valence-corrected chi connectivity index (χ0v) is 9.58. The summed E-state index contributed by atoms with van der Waals surface area (Å²) in [4.78, 5) is 10.7. The smallest absolute Gasteiger partial charge is 0.306 e. The lowest BCUT2D eigenvalue weighted by atomic mass is 9.80. The predicted octanol–water partition coefficient (Wildman–Crippen LogP) is 2.69. The molecule has 15 heavy (non-hydrogen) atoms. The van der Waals surface area contributed by atoms with Gasteiger partial charge in [-0.25, -0.2) is 0 Å². The van der Waals surface area contributed by atoms with Crippen LogP contribution in [0.5, 0.6) is 0 Å². The first-order chi connectivity index (χ1) is 7.24. The minimum Gasteiger partial charge on any atom is -0.481 e. The van der Waals surface area contributed by atoms with E-state index in [1.54, 1.807) is 7.11 Å². The molecule has 1 fully saturated rings. The summed E-state index contributed by atoms with van der Waals surface area (Å²) >= 11 is 0. The number of methoxy groups -OCH3 is 1. The zero-order valence-electron chi connectivity index (χ0n) is 9.58. The molecule has 0 atom stereocenters. The fraction of sp³-hybridized carbons (Fsp3) is 0.917. The number of hydrogen-bond acceptors (Lipinski definition) is 2. The summed E-state index contributed by atoms with van der Waals surface area (Å²) in [6.45, 7) is 0.852. The molecule has 1 aliphatic carbocycles. The van der Waals surface area contributed by atoms with Crippen LogP contribution in [0.2, 0.25) is 0 Å². The SMILES string of the molecule is COCCCCC1CCC(C(=O)O)CC1. The molecule has 3 heteroatoms. The Morgan fingerprint density at radius 2 is 1.93 bits per heavy atom. The van der Waals surface area contributed by atoms with Crippen LogP contribution in [-0.4, -0.2) is 24.8 Å². The topological polar surface area (TPSA) is 46.5 Å². The molecule has 3 nitrogen and oxygen atoms in total. The molecule has 1 aliphatic rings. The van der Waals surface area contributed by atoms with E-state index >= 15 is 0 Å². The van der Waals surface area contributed by atoms with Gasteiger partial charge in [0.2, 0.25) is 0 Å². The Balaban J connectivity index is 2.07. The maximum absolute atomic E-state index is 10.7. The molecule has 0 radical (unpaired) electrons. The molecular formula is C12H22O3. The van der Waals surface area contributed by atoms with Crippen LogP contribution in [0.4, 0.5) is 0 Å². The average molecular weight is 214 g/mol. The highest BCUT2D eigenvalue weighted by molar-refractivity contribution is 5.69. The van der Waals surface area contributed by atoms with Crippen LogP contribution in [0.15, 0.2) is 0 Å². The standard InChI is InChI=1S/C12H22O3/c1-15-9-3-2-4-10-5-7-11(8-6-10)12(13)14/h10-11H,2-9H2,1H3,(H,13,14). The summed E-state index contributed by atoms with van der Waals surface area (Å²) in [5.41, 5.74) is 0. The third-order valence-electron chi connectivity index (χ3n) is 3.41. The lowest BCUT2D eigenvalue weighted by Crippen LogP contribution is -2.21. The number of aliphatic carboxylic acids is 1. The molecule has 0 aromatic rings. The normalized spacial score (nSPS) is 26.5. The van der Waals surface area contributed by atoms with Gasteiger partial charge in [0.25, 0.3) is 0 Å². The molecule has 0 bridgehead atoms. The number of carboxylic acid groups (broad SMARTS) is 1. The molecule has 88 valence electrons. The molecule has 0 unspecified atom stereocenters. The van der Waals surface area contributed by atoms with Crippen molar-refractivity contribution >= 4 is 5.97 Å². The van der Waals surface area contributed by atoms with Crippen LogP contribution < -0.4 is 0 Å². The maximum atomic E-state index is 10.7. The second-order valence-corrected chi connectivity index (χ2v) is 4.54. The largest absolute Gasteiger partial charge is 0.481 e. The van der Waals surface area contributed by atoms with E-state index in [0.717, 1.165) is 44.6 Å². The van der Waals surface area contributed by atoms with Crippen molar-refractivity contribution in [3.63, 3.8) is 0 Å². The number of ether oxygens (including phenoxy) is 1. The van der Waals surface area contributed by atoms with E-state index in [4.69, 9.17) is 9.84 Å². The first-order valence-electron chi connectivity index (χ1n) is 5.95. The van der Waals surface area contributed by atoms with Crippen LogP contribution in [0.1, 0.15) is 44.9 Å². The third-order valence-corrected chi connectivity index (χ3v) is 3.41. The Morgan fingerprint density at radius 3 is 2.47 bits per heavy atom. The summed E-state index contributed by atoms with van der Waals surface area (Å²) < 4.78 is 5.00. The van der Waals surface area contributed by atoms with E-state index in [1.807, 2.05) is 0 Å². The molecule has 1 saturated carbocycles. The van der Waals surface area contributed by atoms with Crippen LogP contribution in [-0.2, 0) is 9.53 Å². The molecule has 1 rings (SSSR count). The minimum atomic E-state index is -0.604. The van der Waals surface area contributed by atoms with Crippen molar-refractivity contribution in [2.45, 2.75) is 44.9 Å². The first kappa shape index (κ1) is 12.5. The van der Waals surface area contributed by atoms with E-state index in [2.05, 4.69) is 0 Å². The van der Waals surface area contributed by atoms with Crippen LogP contribution in [0.3, 0.4) is 0 Å². The molecule has 0 aromatic heterocycles. The fourth-order valence-electron chi connectivity index (χ4n) is 2.38. The first-order valence-corrected chi connectivity index (χ1v) is 5.95. The molecule has 0 aliphatic heterocycles. The quantitative estimate of drug-likeness (QED) is 0.691. The van der Waals surface area contributed by atoms with Gasteiger partial charge in [-0.05, 0) is 38.0 Å². The average Bonchev–Trinajstić information content (AvgIpc) is 2.25. The summed E-state index contributed by atoms with van der Waals surface area (Å²) in [6.07, 6.45) is 7.56. The van der Waals surface area contributed by atoms with Gasteiger partial charge < -0.3 is 9.84 Å². The molecule has 0 spiro atoms. The van der Waals surface area contributed by atoms with Gasteiger partial charge in [0, 0.05) is 13.7 Å². The Bertz CT molecular complexity index is 183. The lowest BCUT2D eigenvalue weighted by molar-refractivity contribution is -0.143. The van der Waals surface area contributed by atoms with Crippen LogP contribution in [0.25, 0.3) is 0 Å². The number of rotatable bonds is 6. The molecule has 0 heterocycles. The Kier molecular flexibility index (Phi) is 5.69. The number of unbranched alkanes of at least 4 members (excludes halogenated alkanes) is 1. The highest BCUT2D eigenvalue weighted by atomic mass is 16.5. The van der Waals surface area contributed by atoms with Crippen molar-refractivity contribution in [1.29, 1.82) is 0 Å². The maximum Gasteiger partial charge on any atom is 0.306 e. The number of hydrogen-bond donors (Lipinski definition) is 1. The van der Waals surface area contributed by atoms with E-state index in [-0.39, 0.29) is 5.92 Å². The lowest BCUT2D eigenvalue weighted by Gasteiger charge is -2.25. The van der Waals surface area contributed by atoms with Gasteiger partial charge in [0.1, 0.15) is 0 Å².